The zero-order valence-electron chi connectivity index (χ0n) is 14.7. The molecule has 2 N–H and O–H groups in total. The fourth-order valence-electron chi connectivity index (χ4n) is 2.36. The number of carbonyl (C=O) groups excluding carboxylic acids is 1. The van der Waals surface area contributed by atoms with Crippen molar-refractivity contribution < 1.29 is 23.8 Å². The fraction of sp³-hybridized carbons (Fsp3) is 0.263. The molecule has 7 heteroatoms. The lowest BCUT2D eigenvalue weighted by atomic mass is 10.1. The van der Waals surface area contributed by atoms with Gasteiger partial charge >= 0.3 is 5.97 Å². The van der Waals surface area contributed by atoms with E-state index in [4.69, 9.17) is 4.74 Å². The lowest BCUT2D eigenvalue weighted by Crippen LogP contribution is -2.34. The Morgan fingerprint density at radius 2 is 1.96 bits per heavy atom. The van der Waals surface area contributed by atoms with Crippen molar-refractivity contribution in [2.75, 3.05) is 12.9 Å². The van der Waals surface area contributed by atoms with Crippen LogP contribution in [0.15, 0.2) is 41.3 Å². The molecule has 0 spiro atoms. The molecule has 1 amide bonds. The van der Waals surface area contributed by atoms with E-state index in [1.807, 2.05) is 32.0 Å². The highest BCUT2D eigenvalue weighted by atomic mass is 32.2. The van der Waals surface area contributed by atoms with Crippen LogP contribution in [0.2, 0.25) is 0 Å². The molecule has 0 fully saturated rings. The highest BCUT2D eigenvalue weighted by Crippen LogP contribution is 2.25. The highest BCUT2D eigenvalue weighted by Gasteiger charge is 2.23. The third kappa shape index (κ3) is 4.98. The smallest absolute Gasteiger partial charge is 0.330 e. The maximum Gasteiger partial charge on any atom is 0.330 e. The van der Waals surface area contributed by atoms with Gasteiger partial charge in [-0.3, -0.25) is 4.79 Å². The molecule has 0 aliphatic heterocycles. The number of benzene rings is 2. The van der Waals surface area contributed by atoms with E-state index in [1.165, 1.54) is 31.0 Å². The Morgan fingerprint density at radius 3 is 2.58 bits per heavy atom. The molecule has 2 aromatic rings. The first-order chi connectivity index (χ1) is 12.3. The summed E-state index contributed by atoms with van der Waals surface area (Å²) in [5.41, 5.74) is 2.26. The van der Waals surface area contributed by atoms with Crippen molar-refractivity contribution in [2.45, 2.75) is 24.8 Å². The Balaban J connectivity index is 2.07. The molecule has 0 aromatic heterocycles. The van der Waals surface area contributed by atoms with E-state index in [2.05, 4.69) is 5.32 Å². The van der Waals surface area contributed by atoms with Gasteiger partial charge in [-0.15, -0.1) is 11.8 Å². The number of carboxylic acids is 1. The number of aryl methyl sites for hydroxylation is 2. The van der Waals surface area contributed by atoms with E-state index in [1.54, 1.807) is 0 Å². The van der Waals surface area contributed by atoms with Gasteiger partial charge in [-0.05, 0) is 43.2 Å². The van der Waals surface area contributed by atoms with Crippen LogP contribution in [0.25, 0.3) is 0 Å². The number of halogens is 1. The first-order valence-corrected chi connectivity index (χ1v) is 8.86. The van der Waals surface area contributed by atoms with Crippen molar-refractivity contribution in [3.8, 4) is 5.75 Å². The van der Waals surface area contributed by atoms with Crippen LogP contribution in [0.4, 0.5) is 4.39 Å². The van der Waals surface area contributed by atoms with Gasteiger partial charge in [0.05, 0.1) is 12.9 Å². The van der Waals surface area contributed by atoms with E-state index < -0.39 is 23.7 Å². The molecule has 0 saturated heterocycles. The molecule has 2 rings (SSSR count). The monoisotopic (exact) mass is 377 g/mol. The van der Waals surface area contributed by atoms with Crippen molar-refractivity contribution in [1.29, 1.82) is 0 Å². The van der Waals surface area contributed by atoms with E-state index in [9.17, 15) is 19.1 Å². The van der Waals surface area contributed by atoms with E-state index in [0.717, 1.165) is 22.1 Å². The predicted octanol–water partition coefficient (Wildman–Crippen LogP) is 3.49. The Hall–Kier alpha value is -2.54. The van der Waals surface area contributed by atoms with Crippen molar-refractivity contribution in [1.82, 2.24) is 5.32 Å². The third-order valence-corrected chi connectivity index (χ3v) is 4.92. The van der Waals surface area contributed by atoms with Gasteiger partial charge in [-0.2, -0.15) is 0 Å². The standard InChI is InChI=1S/C19H20FNO4S/c1-11-4-5-12(2)16(8-11)26-10-17(22)21-18(19(23)24)13-6-7-15(25-3)14(20)9-13/h4-9,18H,10H2,1-3H3,(H,21,22)(H,23,24). The number of methoxy groups -OCH3 is 1. The van der Waals surface area contributed by atoms with Crippen LogP contribution >= 0.6 is 11.8 Å². The number of amides is 1. The minimum absolute atomic E-state index is 0.00898. The summed E-state index contributed by atoms with van der Waals surface area (Å²) in [5.74, 6) is -2.32. The minimum Gasteiger partial charge on any atom is -0.494 e. The quantitative estimate of drug-likeness (QED) is 0.723. The lowest BCUT2D eigenvalue weighted by molar-refractivity contribution is -0.141. The Kier molecular flexibility index (Phi) is 6.63. The molecule has 0 aliphatic carbocycles. The normalized spacial score (nSPS) is 11.7. The minimum atomic E-state index is -1.33. The summed E-state index contributed by atoms with van der Waals surface area (Å²) in [5, 5.41) is 11.8. The second-order valence-corrected chi connectivity index (χ2v) is 6.81. The van der Waals surface area contributed by atoms with E-state index in [0.29, 0.717) is 0 Å². The molecule has 1 unspecified atom stereocenters. The van der Waals surface area contributed by atoms with Gasteiger partial charge < -0.3 is 15.2 Å². The molecule has 5 nitrogen and oxygen atoms in total. The van der Waals surface area contributed by atoms with E-state index in [-0.39, 0.29) is 17.1 Å². The number of carbonyl (C=O) groups is 2. The molecular formula is C19H20FNO4S. The van der Waals surface area contributed by atoms with Crippen LogP contribution < -0.4 is 10.1 Å². The molecule has 0 heterocycles. The van der Waals surface area contributed by atoms with Crippen LogP contribution in [0.1, 0.15) is 22.7 Å². The average Bonchev–Trinajstić information content (AvgIpc) is 2.60. The summed E-state index contributed by atoms with van der Waals surface area (Å²) in [7, 11) is 1.32. The topological polar surface area (TPSA) is 75.6 Å². The van der Waals surface area contributed by atoms with Gasteiger partial charge in [-0.1, -0.05) is 23.8 Å². The highest BCUT2D eigenvalue weighted by molar-refractivity contribution is 8.00. The molecule has 0 saturated carbocycles. The average molecular weight is 377 g/mol. The number of hydrogen-bond acceptors (Lipinski definition) is 4. The number of nitrogens with one attached hydrogen (secondary N) is 1. The molecule has 2 aromatic carbocycles. The predicted molar refractivity (Wildman–Crippen MR) is 98.1 cm³/mol. The molecular weight excluding hydrogens is 357 g/mol. The second-order valence-electron chi connectivity index (χ2n) is 5.79. The second kappa shape index (κ2) is 8.71. The first kappa shape index (κ1) is 19.8. The van der Waals surface area contributed by atoms with Gasteiger partial charge in [0.15, 0.2) is 17.6 Å². The van der Waals surface area contributed by atoms with Gasteiger partial charge in [0.25, 0.3) is 0 Å². The number of aliphatic carboxylic acids is 1. The van der Waals surface area contributed by atoms with Crippen molar-refractivity contribution >= 4 is 23.6 Å². The van der Waals surface area contributed by atoms with Crippen LogP contribution in [0.3, 0.4) is 0 Å². The summed E-state index contributed by atoms with van der Waals surface area (Å²) in [6.07, 6.45) is 0. The maximum absolute atomic E-state index is 13.8. The number of hydrogen-bond donors (Lipinski definition) is 2. The SMILES string of the molecule is COc1ccc(C(NC(=O)CSc2cc(C)ccc2C)C(=O)O)cc1F. The zero-order valence-corrected chi connectivity index (χ0v) is 15.5. The van der Waals surface area contributed by atoms with Crippen LogP contribution in [0, 0.1) is 19.7 Å². The Morgan fingerprint density at radius 1 is 1.23 bits per heavy atom. The third-order valence-electron chi connectivity index (χ3n) is 3.76. The number of ether oxygens (including phenoxy) is 1. The Labute approximate surface area is 155 Å². The van der Waals surface area contributed by atoms with Crippen LogP contribution in [-0.4, -0.2) is 29.8 Å². The summed E-state index contributed by atoms with van der Waals surface area (Å²) >= 11 is 1.33. The number of rotatable bonds is 7. The number of carboxylic acid groups (broad SMARTS) is 1. The summed E-state index contributed by atoms with van der Waals surface area (Å²) < 4.78 is 18.6. The molecule has 1 atom stereocenters. The van der Waals surface area contributed by atoms with Crippen molar-refractivity contribution in [3.05, 3.63) is 58.9 Å². The summed E-state index contributed by atoms with van der Waals surface area (Å²) in [4.78, 5) is 24.7. The molecule has 0 radical (unpaired) electrons. The number of thioether (sulfide) groups is 1. The molecule has 26 heavy (non-hydrogen) atoms. The van der Waals surface area contributed by atoms with E-state index >= 15 is 0 Å². The lowest BCUT2D eigenvalue weighted by Gasteiger charge is -2.16. The molecule has 0 bridgehead atoms. The first-order valence-electron chi connectivity index (χ1n) is 7.87. The van der Waals surface area contributed by atoms with Crippen LogP contribution in [-0.2, 0) is 9.59 Å². The summed E-state index contributed by atoms with van der Waals surface area (Å²) in [6, 6.07) is 8.39. The molecule has 0 aliphatic rings. The van der Waals surface area contributed by atoms with Gasteiger partial charge in [0.2, 0.25) is 5.91 Å². The van der Waals surface area contributed by atoms with Gasteiger partial charge in [0.1, 0.15) is 0 Å². The Bertz CT molecular complexity index is 825. The zero-order chi connectivity index (χ0) is 19.3. The van der Waals surface area contributed by atoms with Gasteiger partial charge in [-0.25, -0.2) is 9.18 Å². The van der Waals surface area contributed by atoms with Crippen molar-refractivity contribution in [2.24, 2.45) is 0 Å². The van der Waals surface area contributed by atoms with Crippen LogP contribution in [0.5, 0.6) is 5.75 Å². The van der Waals surface area contributed by atoms with Gasteiger partial charge in [0, 0.05) is 4.90 Å². The summed E-state index contributed by atoms with van der Waals surface area (Å²) in [6.45, 7) is 3.90. The fourth-order valence-corrected chi connectivity index (χ4v) is 3.29. The van der Waals surface area contributed by atoms with Crippen molar-refractivity contribution in [3.63, 3.8) is 0 Å². The molecule has 138 valence electrons. The maximum atomic E-state index is 13.8. The largest absolute Gasteiger partial charge is 0.494 e.